The van der Waals surface area contributed by atoms with Crippen molar-refractivity contribution in [2.24, 2.45) is 0 Å². The molecule has 1 aromatic carbocycles. The highest BCUT2D eigenvalue weighted by molar-refractivity contribution is 6.09. The Hall–Kier alpha value is -2.11. The van der Waals surface area contributed by atoms with Gasteiger partial charge in [-0.2, -0.15) is 13.2 Å². The lowest BCUT2D eigenvalue weighted by molar-refractivity contribution is -0.136. The van der Waals surface area contributed by atoms with Crippen LogP contribution in [-0.2, 0) is 12.6 Å². The Labute approximate surface area is 112 Å². The number of nitrogens with two attached hydrogens (primary N) is 1. The summed E-state index contributed by atoms with van der Waals surface area (Å²) < 4.78 is 39.0. The summed E-state index contributed by atoms with van der Waals surface area (Å²) in [7, 11) is 0. The Kier molecular flexibility index (Phi) is 2.70. The summed E-state index contributed by atoms with van der Waals surface area (Å²) in [5.74, 6) is -0.143. The first-order chi connectivity index (χ1) is 9.39. The fourth-order valence-corrected chi connectivity index (χ4v) is 2.62. The van der Waals surface area contributed by atoms with Crippen LogP contribution in [0.5, 0.6) is 0 Å². The molecule has 1 aliphatic rings. The Balaban J connectivity index is 2.40. The van der Waals surface area contributed by atoms with Crippen molar-refractivity contribution in [3.63, 3.8) is 0 Å². The van der Waals surface area contributed by atoms with Crippen LogP contribution in [0.1, 0.15) is 34.5 Å². The van der Waals surface area contributed by atoms with E-state index < -0.39 is 11.7 Å². The molecule has 0 saturated heterocycles. The number of Topliss-reactive ketones (excluding diaryl/α,β-unsaturated/α-hetero) is 1. The van der Waals surface area contributed by atoms with E-state index >= 15 is 0 Å². The number of pyridine rings is 1. The molecule has 0 saturated carbocycles. The molecule has 20 heavy (non-hydrogen) atoms. The monoisotopic (exact) mass is 280 g/mol. The lowest BCUT2D eigenvalue weighted by atomic mass is 9.91. The zero-order chi connectivity index (χ0) is 14.5. The lowest BCUT2D eigenvalue weighted by Crippen LogP contribution is -2.17. The van der Waals surface area contributed by atoms with E-state index in [1.54, 1.807) is 0 Å². The molecule has 0 atom stereocenters. The molecule has 0 aliphatic heterocycles. The van der Waals surface area contributed by atoms with Gasteiger partial charge in [-0.1, -0.05) is 12.1 Å². The molecule has 0 radical (unpaired) electrons. The fourth-order valence-electron chi connectivity index (χ4n) is 2.62. The number of hydrogen-bond acceptors (Lipinski definition) is 3. The molecule has 2 N–H and O–H groups in total. The van der Waals surface area contributed by atoms with Gasteiger partial charge in [0.2, 0.25) is 0 Å². The number of anilines is 1. The Bertz CT molecular complexity index is 722. The predicted octanol–water partition coefficient (Wildman–Crippen LogP) is 3.35. The summed E-state index contributed by atoms with van der Waals surface area (Å²) in [4.78, 5) is 16.0. The standard InChI is InChI=1S/C14H11F3N2O/c15-14(16,17)8-4-1-3-7-12(18)11-9(19-13(7)8)5-2-6-10(11)20/h1,3-4H,2,5-6H2,(H2,18,19). The molecule has 1 heterocycles. The van der Waals surface area contributed by atoms with Crippen molar-refractivity contribution in [1.29, 1.82) is 0 Å². The zero-order valence-corrected chi connectivity index (χ0v) is 10.4. The molecule has 0 fully saturated rings. The number of nitrogens with zero attached hydrogens (tertiary/aromatic N) is 1. The summed E-state index contributed by atoms with van der Waals surface area (Å²) in [5, 5.41) is 0.189. The number of para-hydroxylation sites is 1. The average molecular weight is 280 g/mol. The van der Waals surface area contributed by atoms with Crippen LogP contribution in [-0.4, -0.2) is 10.8 Å². The van der Waals surface area contributed by atoms with Gasteiger partial charge in [0.1, 0.15) is 0 Å². The number of rotatable bonds is 0. The fraction of sp³-hybridized carbons (Fsp3) is 0.286. The highest BCUT2D eigenvalue weighted by atomic mass is 19.4. The molecular formula is C14H11F3N2O. The molecule has 6 heteroatoms. The van der Waals surface area contributed by atoms with Gasteiger partial charge in [0, 0.05) is 11.8 Å². The molecule has 1 aromatic heterocycles. The van der Waals surface area contributed by atoms with E-state index in [0.29, 0.717) is 30.5 Å². The van der Waals surface area contributed by atoms with E-state index in [4.69, 9.17) is 5.73 Å². The van der Waals surface area contributed by atoms with Crippen LogP contribution in [0, 0.1) is 0 Å². The minimum atomic E-state index is -4.49. The molecule has 0 spiro atoms. The van der Waals surface area contributed by atoms with Crippen LogP contribution >= 0.6 is 0 Å². The molecule has 104 valence electrons. The second-order valence-electron chi connectivity index (χ2n) is 4.82. The summed E-state index contributed by atoms with van der Waals surface area (Å²) in [6, 6.07) is 3.73. The molecule has 0 unspecified atom stereocenters. The van der Waals surface area contributed by atoms with Gasteiger partial charge in [-0.25, -0.2) is 0 Å². The number of carbonyl (C=O) groups is 1. The second-order valence-corrected chi connectivity index (χ2v) is 4.82. The normalized spacial score (nSPS) is 15.4. The van der Waals surface area contributed by atoms with Gasteiger partial charge in [-0.15, -0.1) is 0 Å². The first-order valence-electron chi connectivity index (χ1n) is 6.21. The van der Waals surface area contributed by atoms with E-state index in [0.717, 1.165) is 6.07 Å². The van der Waals surface area contributed by atoms with Crippen molar-refractivity contribution in [1.82, 2.24) is 4.98 Å². The van der Waals surface area contributed by atoms with Crippen molar-refractivity contribution in [2.75, 3.05) is 5.73 Å². The van der Waals surface area contributed by atoms with E-state index in [1.807, 2.05) is 0 Å². The first kappa shape index (κ1) is 12.9. The molecule has 3 nitrogen and oxygen atoms in total. The van der Waals surface area contributed by atoms with Crippen LogP contribution in [0.3, 0.4) is 0 Å². The SMILES string of the molecule is Nc1c2c(nc3c(C(F)(F)F)cccc13)CCCC2=O. The number of aryl methyl sites for hydroxylation is 1. The number of ketones is 1. The summed E-state index contributed by atoms with van der Waals surface area (Å²) >= 11 is 0. The number of fused-ring (bicyclic) bond motifs is 2. The third kappa shape index (κ3) is 1.83. The van der Waals surface area contributed by atoms with Crippen molar-refractivity contribution in [3.05, 3.63) is 35.0 Å². The lowest BCUT2D eigenvalue weighted by Gasteiger charge is -2.19. The average Bonchev–Trinajstić information content (AvgIpc) is 2.37. The Morgan fingerprint density at radius 2 is 1.95 bits per heavy atom. The molecule has 3 rings (SSSR count). The van der Waals surface area contributed by atoms with Gasteiger partial charge in [0.25, 0.3) is 0 Å². The van der Waals surface area contributed by atoms with Crippen molar-refractivity contribution in [2.45, 2.75) is 25.4 Å². The quantitative estimate of drug-likeness (QED) is 0.805. The zero-order valence-electron chi connectivity index (χ0n) is 10.4. The maximum Gasteiger partial charge on any atom is 0.418 e. The number of nitrogen functional groups attached to an aromatic ring is 1. The summed E-state index contributed by atoms with van der Waals surface area (Å²) in [6.45, 7) is 0. The number of aromatic nitrogens is 1. The predicted molar refractivity (Wildman–Crippen MR) is 68.4 cm³/mol. The van der Waals surface area contributed by atoms with Crippen LogP contribution in [0.2, 0.25) is 0 Å². The molecular weight excluding hydrogens is 269 g/mol. The highest BCUT2D eigenvalue weighted by Crippen LogP contribution is 2.38. The molecule has 2 aromatic rings. The van der Waals surface area contributed by atoms with Gasteiger partial charge in [-0.05, 0) is 18.9 Å². The van der Waals surface area contributed by atoms with Crippen LogP contribution < -0.4 is 5.73 Å². The third-order valence-corrected chi connectivity index (χ3v) is 3.53. The Morgan fingerprint density at radius 1 is 1.20 bits per heavy atom. The largest absolute Gasteiger partial charge is 0.418 e. The minimum Gasteiger partial charge on any atom is -0.398 e. The molecule has 0 amide bonds. The van der Waals surface area contributed by atoms with Gasteiger partial charge in [0.15, 0.2) is 5.78 Å². The van der Waals surface area contributed by atoms with Crippen LogP contribution in [0.4, 0.5) is 18.9 Å². The van der Waals surface area contributed by atoms with E-state index in [1.165, 1.54) is 12.1 Å². The van der Waals surface area contributed by atoms with Gasteiger partial charge >= 0.3 is 6.18 Å². The number of halogens is 3. The van der Waals surface area contributed by atoms with Gasteiger partial charge < -0.3 is 5.73 Å². The van der Waals surface area contributed by atoms with Gasteiger partial charge in [0.05, 0.1) is 28.0 Å². The number of carbonyl (C=O) groups excluding carboxylic acids is 1. The number of hydrogen-bond donors (Lipinski definition) is 1. The van der Waals surface area contributed by atoms with E-state index in [2.05, 4.69) is 4.98 Å². The van der Waals surface area contributed by atoms with Gasteiger partial charge in [-0.3, -0.25) is 9.78 Å². The van der Waals surface area contributed by atoms with E-state index in [9.17, 15) is 18.0 Å². The minimum absolute atomic E-state index is 0.112. The topological polar surface area (TPSA) is 56.0 Å². The Morgan fingerprint density at radius 3 is 2.65 bits per heavy atom. The maximum absolute atomic E-state index is 13.0. The highest BCUT2D eigenvalue weighted by Gasteiger charge is 2.34. The number of alkyl halides is 3. The van der Waals surface area contributed by atoms with Crippen LogP contribution in [0.25, 0.3) is 10.9 Å². The molecule has 0 bridgehead atoms. The van der Waals surface area contributed by atoms with Crippen molar-refractivity contribution >= 4 is 22.4 Å². The maximum atomic E-state index is 13.0. The third-order valence-electron chi connectivity index (χ3n) is 3.53. The van der Waals surface area contributed by atoms with Crippen molar-refractivity contribution < 1.29 is 18.0 Å². The first-order valence-corrected chi connectivity index (χ1v) is 6.21. The number of benzene rings is 1. The second kappa shape index (κ2) is 4.19. The van der Waals surface area contributed by atoms with E-state index in [-0.39, 0.29) is 22.4 Å². The molecule has 1 aliphatic carbocycles. The van der Waals surface area contributed by atoms with Crippen molar-refractivity contribution in [3.8, 4) is 0 Å². The summed E-state index contributed by atoms with van der Waals surface area (Å²) in [5.41, 5.74) is 5.71. The van der Waals surface area contributed by atoms with Crippen LogP contribution in [0.15, 0.2) is 18.2 Å². The smallest absolute Gasteiger partial charge is 0.398 e. The summed E-state index contributed by atoms with van der Waals surface area (Å²) in [6.07, 6.45) is -3.05.